The van der Waals surface area contributed by atoms with E-state index in [0.29, 0.717) is 5.69 Å². The van der Waals surface area contributed by atoms with E-state index in [9.17, 15) is 9.18 Å². The predicted molar refractivity (Wildman–Crippen MR) is 86.1 cm³/mol. The molecule has 2 aromatic carbocycles. The first-order valence-corrected chi connectivity index (χ1v) is 6.93. The van der Waals surface area contributed by atoms with Crippen LogP contribution in [0.4, 0.5) is 21.7 Å². The number of carbonyl (C=O) groups is 1. The molecule has 1 heterocycles. The Kier molecular flexibility index (Phi) is 4.24. The van der Waals surface area contributed by atoms with Gasteiger partial charge in [0.15, 0.2) is 0 Å². The van der Waals surface area contributed by atoms with Crippen LogP contribution >= 0.6 is 0 Å². The van der Waals surface area contributed by atoms with Gasteiger partial charge in [0.1, 0.15) is 11.5 Å². The fourth-order valence-electron chi connectivity index (χ4n) is 1.95. The van der Waals surface area contributed by atoms with Crippen molar-refractivity contribution in [2.45, 2.75) is 0 Å². The molecule has 0 spiro atoms. The highest BCUT2D eigenvalue weighted by Gasteiger charge is 2.10. The molecule has 0 atom stereocenters. The Morgan fingerprint density at radius 3 is 2.48 bits per heavy atom. The van der Waals surface area contributed by atoms with Gasteiger partial charge < -0.3 is 10.6 Å². The number of anilines is 3. The summed E-state index contributed by atoms with van der Waals surface area (Å²) in [7, 11) is 0. The van der Waals surface area contributed by atoms with E-state index in [1.807, 2.05) is 18.2 Å². The quantitative estimate of drug-likeness (QED) is 0.772. The molecule has 0 saturated heterocycles. The topological polar surface area (TPSA) is 66.9 Å². The zero-order valence-electron chi connectivity index (χ0n) is 12.0. The smallest absolute Gasteiger partial charge is 0.274 e. The van der Waals surface area contributed by atoms with Crippen LogP contribution in [0.2, 0.25) is 0 Å². The number of hydrogen-bond acceptors (Lipinski definition) is 4. The monoisotopic (exact) mass is 308 g/mol. The Hall–Kier alpha value is -3.28. The van der Waals surface area contributed by atoms with E-state index in [-0.39, 0.29) is 23.2 Å². The number of benzene rings is 2. The summed E-state index contributed by atoms with van der Waals surface area (Å²) in [4.78, 5) is 20.3. The van der Waals surface area contributed by atoms with Gasteiger partial charge in [-0.15, -0.1) is 0 Å². The van der Waals surface area contributed by atoms with Gasteiger partial charge in [-0.05, 0) is 30.3 Å². The van der Waals surface area contributed by atoms with Crippen molar-refractivity contribution in [2.24, 2.45) is 0 Å². The highest BCUT2D eigenvalue weighted by Crippen LogP contribution is 2.17. The van der Waals surface area contributed by atoms with Crippen molar-refractivity contribution in [3.8, 4) is 0 Å². The Morgan fingerprint density at radius 1 is 0.957 bits per heavy atom. The maximum atomic E-state index is 13.6. The third kappa shape index (κ3) is 3.68. The molecule has 0 radical (unpaired) electrons. The third-order valence-corrected chi connectivity index (χ3v) is 3.04. The van der Waals surface area contributed by atoms with Gasteiger partial charge in [-0.2, -0.15) is 0 Å². The van der Waals surface area contributed by atoms with Gasteiger partial charge in [0, 0.05) is 11.9 Å². The minimum Gasteiger partial charge on any atom is -0.322 e. The molecular weight excluding hydrogens is 295 g/mol. The lowest BCUT2D eigenvalue weighted by Gasteiger charge is -2.08. The molecule has 0 bridgehead atoms. The molecule has 5 nitrogen and oxygen atoms in total. The number of hydrogen-bond donors (Lipinski definition) is 2. The van der Waals surface area contributed by atoms with Gasteiger partial charge in [-0.1, -0.05) is 30.3 Å². The molecule has 6 heteroatoms. The van der Waals surface area contributed by atoms with Crippen LogP contribution in [0.3, 0.4) is 0 Å². The van der Waals surface area contributed by atoms with Crippen LogP contribution in [0.15, 0.2) is 66.9 Å². The van der Waals surface area contributed by atoms with E-state index >= 15 is 0 Å². The van der Waals surface area contributed by atoms with Crippen LogP contribution in [0.5, 0.6) is 0 Å². The molecular formula is C17H13FN4O. The molecule has 3 aromatic rings. The van der Waals surface area contributed by atoms with Crippen LogP contribution in [-0.4, -0.2) is 15.9 Å². The highest BCUT2D eigenvalue weighted by molar-refractivity contribution is 6.02. The van der Waals surface area contributed by atoms with Gasteiger partial charge in [0.25, 0.3) is 5.91 Å². The number of carbonyl (C=O) groups excluding carboxylic acids is 1. The van der Waals surface area contributed by atoms with Crippen molar-refractivity contribution in [1.82, 2.24) is 9.97 Å². The highest BCUT2D eigenvalue weighted by atomic mass is 19.1. The van der Waals surface area contributed by atoms with Crippen molar-refractivity contribution < 1.29 is 9.18 Å². The molecule has 0 fully saturated rings. The summed E-state index contributed by atoms with van der Waals surface area (Å²) in [5.41, 5.74) is 1.09. The fourth-order valence-corrected chi connectivity index (χ4v) is 1.95. The minimum absolute atomic E-state index is 0.149. The molecule has 2 N–H and O–H groups in total. The second-order valence-electron chi connectivity index (χ2n) is 4.69. The standard InChI is InChI=1S/C17H13FN4O/c18-13-8-4-5-9-14(13)21-17-19-11-10-15(22-17)16(23)20-12-6-2-1-3-7-12/h1-11H,(H,20,23)(H,19,21,22). The predicted octanol–water partition coefficient (Wildman–Crippen LogP) is 3.61. The summed E-state index contributed by atoms with van der Waals surface area (Å²) in [6.07, 6.45) is 1.44. The second-order valence-corrected chi connectivity index (χ2v) is 4.69. The normalized spacial score (nSPS) is 10.1. The molecule has 23 heavy (non-hydrogen) atoms. The zero-order valence-corrected chi connectivity index (χ0v) is 12.0. The second kappa shape index (κ2) is 6.65. The van der Waals surface area contributed by atoms with Gasteiger partial charge in [0.05, 0.1) is 5.69 Å². The lowest BCUT2D eigenvalue weighted by Crippen LogP contribution is -2.14. The maximum absolute atomic E-state index is 13.6. The number of nitrogens with one attached hydrogen (secondary N) is 2. The molecule has 0 aliphatic heterocycles. The fraction of sp³-hybridized carbons (Fsp3) is 0. The Morgan fingerprint density at radius 2 is 1.70 bits per heavy atom. The van der Waals surface area contributed by atoms with Crippen molar-refractivity contribution in [2.75, 3.05) is 10.6 Å². The Bertz CT molecular complexity index is 824. The average molecular weight is 308 g/mol. The Labute approximate surface area is 132 Å². The summed E-state index contributed by atoms with van der Waals surface area (Å²) >= 11 is 0. The van der Waals surface area contributed by atoms with Gasteiger partial charge >= 0.3 is 0 Å². The van der Waals surface area contributed by atoms with Crippen LogP contribution in [0.25, 0.3) is 0 Å². The average Bonchev–Trinajstić information content (AvgIpc) is 2.58. The molecule has 0 aliphatic rings. The summed E-state index contributed by atoms with van der Waals surface area (Å²) in [6.45, 7) is 0. The van der Waals surface area contributed by atoms with E-state index in [2.05, 4.69) is 20.6 Å². The van der Waals surface area contributed by atoms with Crippen molar-refractivity contribution in [3.05, 3.63) is 78.4 Å². The van der Waals surface area contributed by atoms with Crippen molar-refractivity contribution in [1.29, 1.82) is 0 Å². The minimum atomic E-state index is -0.421. The Balaban J connectivity index is 1.77. The molecule has 3 rings (SSSR count). The zero-order chi connectivity index (χ0) is 16.1. The van der Waals surface area contributed by atoms with E-state index in [4.69, 9.17) is 0 Å². The third-order valence-electron chi connectivity index (χ3n) is 3.04. The van der Waals surface area contributed by atoms with E-state index < -0.39 is 5.82 Å². The summed E-state index contributed by atoms with van der Waals surface area (Å²) in [5.74, 6) is -0.638. The van der Waals surface area contributed by atoms with Gasteiger partial charge in [0.2, 0.25) is 5.95 Å². The van der Waals surface area contributed by atoms with E-state index in [1.54, 1.807) is 30.3 Å². The summed E-state index contributed by atoms with van der Waals surface area (Å²) in [6, 6.07) is 16.7. The molecule has 1 amide bonds. The van der Waals surface area contributed by atoms with E-state index in [1.165, 1.54) is 18.3 Å². The lowest BCUT2D eigenvalue weighted by molar-refractivity contribution is 0.102. The molecule has 0 unspecified atom stereocenters. The molecule has 0 saturated carbocycles. The lowest BCUT2D eigenvalue weighted by atomic mass is 10.3. The first kappa shape index (κ1) is 14.6. The number of rotatable bonds is 4. The number of halogens is 1. The number of amides is 1. The molecule has 0 aliphatic carbocycles. The van der Waals surface area contributed by atoms with Crippen LogP contribution < -0.4 is 10.6 Å². The van der Waals surface area contributed by atoms with Crippen molar-refractivity contribution >= 4 is 23.2 Å². The van der Waals surface area contributed by atoms with E-state index in [0.717, 1.165) is 0 Å². The molecule has 114 valence electrons. The van der Waals surface area contributed by atoms with Gasteiger partial charge in [-0.25, -0.2) is 14.4 Å². The van der Waals surface area contributed by atoms with Crippen LogP contribution in [-0.2, 0) is 0 Å². The first-order valence-electron chi connectivity index (χ1n) is 6.93. The summed E-state index contributed by atoms with van der Waals surface area (Å²) < 4.78 is 13.6. The maximum Gasteiger partial charge on any atom is 0.274 e. The number of para-hydroxylation sites is 2. The number of nitrogens with zero attached hydrogens (tertiary/aromatic N) is 2. The van der Waals surface area contributed by atoms with Crippen LogP contribution in [0, 0.1) is 5.82 Å². The molecule has 1 aromatic heterocycles. The van der Waals surface area contributed by atoms with Crippen molar-refractivity contribution in [3.63, 3.8) is 0 Å². The SMILES string of the molecule is O=C(Nc1ccccc1)c1ccnc(Nc2ccccc2F)n1. The van der Waals surface area contributed by atoms with Gasteiger partial charge in [-0.3, -0.25) is 4.79 Å². The largest absolute Gasteiger partial charge is 0.322 e. The number of aromatic nitrogens is 2. The van der Waals surface area contributed by atoms with Crippen LogP contribution in [0.1, 0.15) is 10.5 Å². The summed E-state index contributed by atoms with van der Waals surface area (Å²) in [5, 5.41) is 5.48. The first-order chi connectivity index (χ1) is 11.2.